The first-order valence-corrected chi connectivity index (χ1v) is 13.9. The number of azide groups is 1. The molecule has 0 spiro atoms. The van der Waals surface area contributed by atoms with E-state index in [2.05, 4.69) is 15.0 Å². The van der Waals surface area contributed by atoms with Crippen molar-refractivity contribution < 1.29 is 29.6 Å². The molecule has 0 radical (unpaired) electrons. The molecule has 1 aromatic rings. The van der Waals surface area contributed by atoms with E-state index in [0.717, 1.165) is 29.1 Å². The second-order valence-electron chi connectivity index (χ2n) is 11.3. The molecule has 0 aromatic carbocycles. The molecule has 1 fully saturated rings. The fourth-order valence-electron chi connectivity index (χ4n) is 5.31. The highest BCUT2D eigenvalue weighted by molar-refractivity contribution is 7.09. The molecule has 1 aliphatic rings. The van der Waals surface area contributed by atoms with E-state index in [0.29, 0.717) is 0 Å². The van der Waals surface area contributed by atoms with Crippen LogP contribution < -0.4 is 0 Å². The van der Waals surface area contributed by atoms with Gasteiger partial charge < -0.3 is 20.1 Å². The molecule has 0 bridgehead atoms. The molecule has 11 heteroatoms. The first-order chi connectivity index (χ1) is 17.6. The van der Waals surface area contributed by atoms with E-state index in [1.807, 2.05) is 39.2 Å². The molecule has 2 heterocycles. The number of aliphatic carboxylic acids is 1. The monoisotopic (exact) mass is 550 g/mol. The third-order valence-electron chi connectivity index (χ3n) is 7.97. The van der Waals surface area contributed by atoms with Gasteiger partial charge in [0.2, 0.25) is 0 Å². The van der Waals surface area contributed by atoms with Crippen LogP contribution in [-0.2, 0) is 14.3 Å². The van der Waals surface area contributed by atoms with Crippen molar-refractivity contribution in [3.8, 4) is 0 Å². The molecule has 5 unspecified atom stereocenters. The van der Waals surface area contributed by atoms with Crippen LogP contribution >= 0.6 is 11.3 Å². The van der Waals surface area contributed by atoms with E-state index in [-0.39, 0.29) is 12.3 Å². The first-order valence-electron chi connectivity index (χ1n) is 13.1. The third kappa shape index (κ3) is 7.01. The Morgan fingerprint density at radius 2 is 2.00 bits per heavy atom. The fraction of sp³-hybridized carbons (Fsp3) is 0.741. The number of Topliss-reactive ketones (excluding diaryl/α,β-unsaturated/α-hetero) is 1. The second kappa shape index (κ2) is 12.7. The number of ketones is 1. The summed E-state index contributed by atoms with van der Waals surface area (Å²) < 4.78 is 5.86. The number of nitrogens with zero attached hydrogens (tertiary/aromatic N) is 4. The van der Waals surface area contributed by atoms with E-state index in [1.165, 1.54) is 25.2 Å². The molecule has 38 heavy (non-hydrogen) atoms. The highest BCUT2D eigenvalue weighted by atomic mass is 32.1. The van der Waals surface area contributed by atoms with E-state index in [9.17, 15) is 24.9 Å². The maximum atomic E-state index is 13.4. The highest BCUT2D eigenvalue weighted by Gasteiger charge is 2.65. The molecule has 2 rings (SSSR count). The number of hydrogen-bond donors (Lipinski definition) is 3. The number of aliphatic hydroxyl groups is 2. The van der Waals surface area contributed by atoms with Crippen LogP contribution in [0.1, 0.15) is 78.4 Å². The summed E-state index contributed by atoms with van der Waals surface area (Å²) in [5, 5.41) is 38.8. The molecular weight excluding hydrogens is 508 g/mol. The summed E-state index contributed by atoms with van der Waals surface area (Å²) in [4.78, 5) is 33.2. The molecule has 3 N–H and O–H groups in total. The van der Waals surface area contributed by atoms with Crippen LogP contribution in [-0.4, -0.2) is 62.0 Å². The van der Waals surface area contributed by atoms with Crippen molar-refractivity contribution in [1.29, 1.82) is 0 Å². The number of carbonyl (C=O) groups is 2. The van der Waals surface area contributed by atoms with Crippen LogP contribution in [0.15, 0.2) is 16.1 Å². The van der Waals surface area contributed by atoms with Gasteiger partial charge in [0.15, 0.2) is 0 Å². The lowest BCUT2D eigenvalue weighted by Crippen LogP contribution is -2.53. The zero-order valence-electron chi connectivity index (χ0n) is 23.6. The summed E-state index contributed by atoms with van der Waals surface area (Å²) >= 11 is 1.50. The smallest absolute Gasteiger partial charge is 0.312 e. The summed E-state index contributed by atoms with van der Waals surface area (Å²) in [6.45, 7) is 13.8. The summed E-state index contributed by atoms with van der Waals surface area (Å²) in [5.74, 6) is -4.01. The van der Waals surface area contributed by atoms with Gasteiger partial charge >= 0.3 is 5.97 Å². The Morgan fingerprint density at radius 1 is 1.37 bits per heavy atom. The Balaban J connectivity index is 2.24. The quantitative estimate of drug-likeness (QED) is 0.117. The second-order valence-corrected chi connectivity index (χ2v) is 12.4. The van der Waals surface area contributed by atoms with Gasteiger partial charge in [0.05, 0.1) is 40.5 Å². The predicted molar refractivity (Wildman–Crippen MR) is 146 cm³/mol. The van der Waals surface area contributed by atoms with E-state index in [4.69, 9.17) is 10.3 Å². The van der Waals surface area contributed by atoms with Gasteiger partial charge in [-0.2, -0.15) is 0 Å². The molecule has 0 aliphatic carbocycles. The van der Waals surface area contributed by atoms with E-state index >= 15 is 0 Å². The fourth-order valence-corrected chi connectivity index (χ4v) is 5.88. The first kappa shape index (κ1) is 31.9. The van der Waals surface area contributed by atoms with Gasteiger partial charge in [-0.15, -0.1) is 11.3 Å². The molecule has 212 valence electrons. The lowest BCUT2D eigenvalue weighted by molar-refractivity contribution is -0.158. The summed E-state index contributed by atoms with van der Waals surface area (Å²) in [6.07, 6.45) is 0.534. The number of aromatic nitrogens is 1. The standard InChI is InChI=1S/C27H42N4O6S/c1-9-10-14(2)22(32)16(4)23(33)26(6,7)24(34)21(25(35)36)27(8)20(37-27)12-19(30-31-28)15(3)11-18-13-38-17(5)29-18/h11,13-14,16,19-22,24,32,34H,9-10,12H2,1-8H3,(H,35,36)/b15-11+/t14?,16?,19-,20-,21?,22?,24?,27-/m0/s1. The van der Waals surface area contributed by atoms with Crippen LogP contribution in [0.4, 0.5) is 0 Å². The number of carboxylic acid groups (broad SMARTS) is 1. The molecule has 1 aliphatic heterocycles. The molecule has 10 nitrogen and oxygen atoms in total. The Bertz CT molecular complexity index is 1080. The Hall–Kier alpha value is -2.30. The van der Waals surface area contributed by atoms with Gasteiger partial charge in [-0.25, -0.2) is 4.98 Å². The van der Waals surface area contributed by atoms with Crippen LogP contribution in [0.25, 0.3) is 16.5 Å². The lowest BCUT2D eigenvalue weighted by Gasteiger charge is -2.38. The molecule has 0 amide bonds. The molecular formula is C27H42N4O6S. The van der Waals surface area contributed by atoms with Gasteiger partial charge in [-0.3, -0.25) is 9.59 Å². The molecule has 1 saturated heterocycles. The van der Waals surface area contributed by atoms with Gasteiger partial charge in [-0.05, 0) is 51.1 Å². The van der Waals surface area contributed by atoms with E-state index < -0.39 is 59.0 Å². The summed E-state index contributed by atoms with van der Waals surface area (Å²) in [5.41, 5.74) is 7.88. The lowest BCUT2D eigenvalue weighted by atomic mass is 9.67. The third-order valence-corrected chi connectivity index (χ3v) is 8.76. The predicted octanol–water partition coefficient (Wildman–Crippen LogP) is 5.17. The van der Waals surface area contributed by atoms with Gasteiger partial charge in [-0.1, -0.05) is 51.7 Å². The van der Waals surface area contributed by atoms with E-state index in [1.54, 1.807) is 13.8 Å². The van der Waals surface area contributed by atoms with Gasteiger partial charge in [0.25, 0.3) is 0 Å². The van der Waals surface area contributed by atoms with Crippen LogP contribution in [0, 0.1) is 30.1 Å². The number of thiazole rings is 1. The van der Waals surface area contributed by atoms with Gasteiger partial charge in [0.1, 0.15) is 17.3 Å². The van der Waals surface area contributed by atoms with Gasteiger partial charge in [0, 0.05) is 16.2 Å². The summed E-state index contributed by atoms with van der Waals surface area (Å²) in [6, 6.07) is -0.606. The number of aliphatic hydroxyl groups excluding tert-OH is 2. The highest BCUT2D eigenvalue weighted by Crippen LogP contribution is 2.50. The largest absolute Gasteiger partial charge is 0.481 e. The normalized spacial score (nSPS) is 24.5. The zero-order chi connectivity index (χ0) is 29.0. The Morgan fingerprint density at radius 3 is 2.50 bits per heavy atom. The molecule has 8 atom stereocenters. The topological polar surface area (TPSA) is 169 Å². The van der Waals surface area contributed by atoms with Crippen LogP contribution in [0.2, 0.25) is 0 Å². The number of aryl methyl sites for hydroxylation is 1. The zero-order valence-corrected chi connectivity index (χ0v) is 24.4. The minimum atomic E-state index is -1.58. The average Bonchev–Trinajstić information content (AvgIpc) is 3.29. The molecule has 0 saturated carbocycles. The van der Waals surface area contributed by atoms with Crippen molar-refractivity contribution in [2.45, 2.75) is 105 Å². The number of hydrogen-bond acceptors (Lipinski definition) is 8. The van der Waals surface area contributed by atoms with Crippen LogP contribution in [0.3, 0.4) is 0 Å². The SMILES string of the molecule is CCCC(C)C(O)C(C)C(=O)C(C)(C)C(O)C(C(=O)O)[C@@]1(C)O[C@H]1C[C@H](N=[N+]=[N-])/C(C)=C/c1csc(C)n1. The number of carboxylic acids is 1. The number of carbonyl (C=O) groups excluding carboxylic acids is 1. The number of ether oxygens (including phenoxy) is 1. The van der Waals surface area contributed by atoms with Crippen LogP contribution in [0.5, 0.6) is 0 Å². The minimum Gasteiger partial charge on any atom is -0.481 e. The number of rotatable bonds is 15. The Kier molecular flexibility index (Phi) is 10.7. The van der Waals surface area contributed by atoms with Crippen molar-refractivity contribution in [2.75, 3.05) is 0 Å². The van der Waals surface area contributed by atoms with Crippen molar-refractivity contribution in [2.24, 2.45) is 28.3 Å². The van der Waals surface area contributed by atoms with Crippen molar-refractivity contribution in [1.82, 2.24) is 4.98 Å². The maximum Gasteiger partial charge on any atom is 0.312 e. The average molecular weight is 551 g/mol. The van der Waals surface area contributed by atoms with Crippen molar-refractivity contribution >= 4 is 29.2 Å². The maximum absolute atomic E-state index is 13.4. The summed E-state index contributed by atoms with van der Waals surface area (Å²) in [7, 11) is 0. The minimum absolute atomic E-state index is 0.113. The van der Waals surface area contributed by atoms with Crippen molar-refractivity contribution in [3.63, 3.8) is 0 Å². The number of epoxide rings is 1. The molecule has 1 aromatic heterocycles. The van der Waals surface area contributed by atoms with Crippen molar-refractivity contribution in [3.05, 3.63) is 32.1 Å². The Labute approximate surface area is 228 Å².